The standard InChI is InChI=1S/C20H30N6O.ClH/c1-15(2)17-7-4-5-8-18(17)26-16(3)23-19(24-26)20(27)22-9-6-12-25-13-10-21-11-14-25;/h4-5,7-8,15,21H,6,9-14H2,1-3H3,(H,22,27);1H. The SMILES string of the molecule is Cc1nc(C(=O)NCCCN2CCNCC2)nn1-c1ccccc1C(C)C.Cl. The maximum Gasteiger partial charge on any atom is 0.290 e. The highest BCUT2D eigenvalue weighted by atomic mass is 35.5. The molecule has 8 heteroatoms. The van der Waals surface area contributed by atoms with Crippen molar-refractivity contribution in [3.63, 3.8) is 0 Å². The molecule has 0 saturated carbocycles. The van der Waals surface area contributed by atoms with Crippen LogP contribution in [0.5, 0.6) is 0 Å². The highest BCUT2D eigenvalue weighted by Gasteiger charge is 2.17. The number of para-hydroxylation sites is 1. The number of halogens is 1. The fourth-order valence-corrected chi connectivity index (χ4v) is 3.40. The first kappa shape index (κ1) is 22.3. The second kappa shape index (κ2) is 10.5. The molecule has 154 valence electrons. The van der Waals surface area contributed by atoms with Crippen LogP contribution in [-0.4, -0.2) is 64.8 Å². The van der Waals surface area contributed by atoms with E-state index in [-0.39, 0.29) is 24.1 Å². The first-order valence-electron chi connectivity index (χ1n) is 9.80. The number of aryl methyl sites for hydroxylation is 1. The molecule has 0 radical (unpaired) electrons. The molecule has 1 amide bonds. The van der Waals surface area contributed by atoms with Gasteiger partial charge in [0.25, 0.3) is 5.91 Å². The Morgan fingerprint density at radius 3 is 2.68 bits per heavy atom. The Balaban J connectivity index is 0.00000280. The lowest BCUT2D eigenvalue weighted by Crippen LogP contribution is -2.44. The Labute approximate surface area is 173 Å². The van der Waals surface area contributed by atoms with Crippen molar-refractivity contribution in [1.29, 1.82) is 0 Å². The molecule has 28 heavy (non-hydrogen) atoms. The average molecular weight is 407 g/mol. The van der Waals surface area contributed by atoms with Crippen LogP contribution in [0.15, 0.2) is 24.3 Å². The number of carbonyl (C=O) groups is 1. The van der Waals surface area contributed by atoms with Gasteiger partial charge in [0, 0.05) is 32.7 Å². The van der Waals surface area contributed by atoms with E-state index in [1.807, 2.05) is 25.1 Å². The summed E-state index contributed by atoms with van der Waals surface area (Å²) in [5.41, 5.74) is 2.17. The average Bonchev–Trinajstić information content (AvgIpc) is 3.07. The molecule has 1 aliphatic rings. The summed E-state index contributed by atoms with van der Waals surface area (Å²) in [6.07, 6.45) is 0.932. The number of amides is 1. The van der Waals surface area contributed by atoms with Crippen molar-refractivity contribution in [1.82, 2.24) is 30.3 Å². The van der Waals surface area contributed by atoms with Gasteiger partial charge in [-0.15, -0.1) is 17.5 Å². The number of nitrogens with zero attached hydrogens (tertiary/aromatic N) is 4. The van der Waals surface area contributed by atoms with Gasteiger partial charge in [0.05, 0.1) is 5.69 Å². The summed E-state index contributed by atoms with van der Waals surface area (Å²) < 4.78 is 1.77. The van der Waals surface area contributed by atoms with E-state index >= 15 is 0 Å². The van der Waals surface area contributed by atoms with Crippen molar-refractivity contribution in [3.05, 3.63) is 41.5 Å². The number of hydrogen-bond acceptors (Lipinski definition) is 5. The topological polar surface area (TPSA) is 75.1 Å². The molecule has 1 saturated heterocycles. The quantitative estimate of drug-likeness (QED) is 0.689. The summed E-state index contributed by atoms with van der Waals surface area (Å²) in [4.78, 5) is 19.2. The summed E-state index contributed by atoms with van der Waals surface area (Å²) in [6, 6.07) is 8.12. The second-order valence-corrected chi connectivity index (χ2v) is 7.31. The summed E-state index contributed by atoms with van der Waals surface area (Å²) in [5, 5.41) is 10.8. The maximum atomic E-state index is 12.4. The number of piperazine rings is 1. The van der Waals surface area contributed by atoms with E-state index in [4.69, 9.17) is 0 Å². The van der Waals surface area contributed by atoms with Gasteiger partial charge in [-0.1, -0.05) is 32.0 Å². The fraction of sp³-hybridized carbons (Fsp3) is 0.550. The molecule has 1 aromatic carbocycles. The van der Waals surface area contributed by atoms with E-state index < -0.39 is 0 Å². The Morgan fingerprint density at radius 1 is 1.25 bits per heavy atom. The summed E-state index contributed by atoms with van der Waals surface area (Å²) in [7, 11) is 0. The van der Waals surface area contributed by atoms with E-state index in [1.54, 1.807) is 4.68 Å². The van der Waals surface area contributed by atoms with Crippen molar-refractivity contribution in [2.75, 3.05) is 39.3 Å². The zero-order valence-corrected chi connectivity index (χ0v) is 17.8. The minimum absolute atomic E-state index is 0. The number of benzene rings is 1. The van der Waals surface area contributed by atoms with E-state index in [2.05, 4.69) is 45.5 Å². The molecule has 2 N–H and O–H groups in total. The zero-order chi connectivity index (χ0) is 19.2. The highest BCUT2D eigenvalue weighted by Crippen LogP contribution is 2.23. The van der Waals surface area contributed by atoms with Crippen LogP contribution in [0.3, 0.4) is 0 Å². The lowest BCUT2D eigenvalue weighted by molar-refractivity contribution is 0.0941. The lowest BCUT2D eigenvalue weighted by Gasteiger charge is -2.26. The predicted octanol–water partition coefficient (Wildman–Crippen LogP) is 2.15. The number of hydrogen-bond donors (Lipinski definition) is 2. The number of carbonyl (C=O) groups excluding carboxylic acids is 1. The fourth-order valence-electron chi connectivity index (χ4n) is 3.40. The molecular weight excluding hydrogens is 376 g/mol. The molecule has 0 atom stereocenters. The van der Waals surface area contributed by atoms with E-state index in [9.17, 15) is 4.79 Å². The minimum Gasteiger partial charge on any atom is -0.349 e. The van der Waals surface area contributed by atoms with Gasteiger partial charge in [-0.3, -0.25) is 4.79 Å². The molecule has 1 aromatic heterocycles. The van der Waals surface area contributed by atoms with Crippen LogP contribution < -0.4 is 10.6 Å². The third-order valence-electron chi connectivity index (χ3n) is 4.91. The van der Waals surface area contributed by atoms with Crippen molar-refractivity contribution in [2.45, 2.75) is 33.1 Å². The normalized spacial score (nSPS) is 14.7. The monoisotopic (exact) mass is 406 g/mol. The molecule has 0 unspecified atom stereocenters. The maximum absolute atomic E-state index is 12.4. The van der Waals surface area contributed by atoms with Crippen molar-refractivity contribution in [3.8, 4) is 5.69 Å². The van der Waals surface area contributed by atoms with Crippen molar-refractivity contribution >= 4 is 18.3 Å². The van der Waals surface area contributed by atoms with Crippen LogP contribution in [0.25, 0.3) is 5.69 Å². The molecule has 2 heterocycles. The molecule has 0 aliphatic carbocycles. The molecular formula is C20H31ClN6O. The Morgan fingerprint density at radius 2 is 1.96 bits per heavy atom. The van der Waals surface area contributed by atoms with Crippen LogP contribution in [0.2, 0.25) is 0 Å². The third-order valence-corrected chi connectivity index (χ3v) is 4.91. The molecule has 1 fully saturated rings. The van der Waals surface area contributed by atoms with Gasteiger partial charge < -0.3 is 15.5 Å². The third kappa shape index (κ3) is 5.53. The molecule has 1 aliphatic heterocycles. The first-order valence-corrected chi connectivity index (χ1v) is 9.80. The molecule has 3 rings (SSSR count). The predicted molar refractivity (Wildman–Crippen MR) is 114 cm³/mol. The van der Waals surface area contributed by atoms with Gasteiger partial charge in [-0.25, -0.2) is 9.67 Å². The summed E-state index contributed by atoms with van der Waals surface area (Å²) >= 11 is 0. The van der Waals surface area contributed by atoms with Gasteiger partial charge >= 0.3 is 0 Å². The smallest absolute Gasteiger partial charge is 0.290 e. The van der Waals surface area contributed by atoms with E-state index in [0.717, 1.165) is 44.8 Å². The van der Waals surface area contributed by atoms with Crippen LogP contribution in [-0.2, 0) is 0 Å². The largest absolute Gasteiger partial charge is 0.349 e. The molecule has 0 spiro atoms. The minimum atomic E-state index is -0.209. The number of rotatable bonds is 7. The van der Waals surface area contributed by atoms with Gasteiger partial charge in [0.15, 0.2) is 0 Å². The second-order valence-electron chi connectivity index (χ2n) is 7.31. The summed E-state index contributed by atoms with van der Waals surface area (Å²) in [6.45, 7) is 12.1. The van der Waals surface area contributed by atoms with Crippen LogP contribution in [0.4, 0.5) is 0 Å². The van der Waals surface area contributed by atoms with Crippen molar-refractivity contribution in [2.24, 2.45) is 0 Å². The van der Waals surface area contributed by atoms with E-state index in [1.165, 1.54) is 5.56 Å². The van der Waals surface area contributed by atoms with Crippen LogP contribution in [0.1, 0.15) is 48.2 Å². The van der Waals surface area contributed by atoms with Gasteiger partial charge in [-0.05, 0) is 37.4 Å². The molecule has 7 nitrogen and oxygen atoms in total. The number of aromatic nitrogens is 3. The zero-order valence-electron chi connectivity index (χ0n) is 16.9. The van der Waals surface area contributed by atoms with Gasteiger partial charge in [-0.2, -0.15) is 0 Å². The Kier molecular flexibility index (Phi) is 8.41. The van der Waals surface area contributed by atoms with Gasteiger partial charge in [0.2, 0.25) is 5.82 Å². The van der Waals surface area contributed by atoms with Crippen molar-refractivity contribution < 1.29 is 4.79 Å². The lowest BCUT2D eigenvalue weighted by atomic mass is 10.0. The first-order chi connectivity index (χ1) is 13.1. The van der Waals surface area contributed by atoms with Gasteiger partial charge in [0.1, 0.15) is 5.82 Å². The number of nitrogens with one attached hydrogen (secondary N) is 2. The van der Waals surface area contributed by atoms with Crippen LogP contribution in [0, 0.1) is 6.92 Å². The summed E-state index contributed by atoms with van der Waals surface area (Å²) in [5.74, 6) is 1.11. The van der Waals surface area contributed by atoms with E-state index in [0.29, 0.717) is 18.3 Å². The Bertz CT molecular complexity index is 770. The molecule has 0 bridgehead atoms. The Hall–Kier alpha value is -1.96. The van der Waals surface area contributed by atoms with Crippen LogP contribution >= 0.6 is 12.4 Å². The molecule has 2 aromatic rings. The highest BCUT2D eigenvalue weighted by molar-refractivity contribution is 5.90.